The maximum absolute atomic E-state index is 13.3. The second-order valence-electron chi connectivity index (χ2n) is 7.79. The van der Waals surface area contributed by atoms with Gasteiger partial charge in [0.15, 0.2) is 5.96 Å². The quantitative estimate of drug-likeness (QED) is 0.474. The van der Waals surface area contributed by atoms with E-state index < -0.39 is 0 Å². The van der Waals surface area contributed by atoms with E-state index in [0.717, 1.165) is 31.1 Å². The largest absolute Gasteiger partial charge is 0.439 e. The Hall–Kier alpha value is -2.67. The van der Waals surface area contributed by atoms with Crippen LogP contribution in [0.3, 0.4) is 0 Å². The summed E-state index contributed by atoms with van der Waals surface area (Å²) in [5, 5.41) is 6.82. The predicted octanol–water partition coefficient (Wildman–Crippen LogP) is 4.27. The first-order valence-electron chi connectivity index (χ1n) is 10.4. The van der Waals surface area contributed by atoms with Crippen LogP contribution in [0, 0.1) is 11.2 Å². The number of hydrogen-bond donors (Lipinski definition) is 2. The zero-order valence-electron chi connectivity index (χ0n) is 17.8. The third-order valence-electron chi connectivity index (χ3n) is 5.63. The van der Waals surface area contributed by atoms with Crippen molar-refractivity contribution in [1.29, 1.82) is 0 Å². The minimum Gasteiger partial charge on any atom is -0.439 e. The summed E-state index contributed by atoms with van der Waals surface area (Å²) in [6, 6.07) is 9.71. The molecule has 2 N–H and O–H groups in total. The number of hydrogen-bond acceptors (Lipinski definition) is 4. The molecule has 0 amide bonds. The molecule has 1 aromatic carbocycles. The molecule has 7 heteroatoms. The van der Waals surface area contributed by atoms with Crippen LogP contribution in [0.4, 0.5) is 4.39 Å². The second kappa shape index (κ2) is 10.9. The van der Waals surface area contributed by atoms with E-state index in [-0.39, 0.29) is 5.82 Å². The Morgan fingerprint density at radius 3 is 2.70 bits per heavy atom. The first-order valence-corrected chi connectivity index (χ1v) is 10.4. The molecule has 6 nitrogen and oxygen atoms in total. The van der Waals surface area contributed by atoms with Crippen LogP contribution >= 0.6 is 0 Å². The summed E-state index contributed by atoms with van der Waals surface area (Å²) < 4.78 is 24.2. The maximum atomic E-state index is 13.3. The molecule has 2 aromatic rings. The summed E-state index contributed by atoms with van der Waals surface area (Å²) in [6.45, 7) is 2.29. The second-order valence-corrected chi connectivity index (χ2v) is 7.79. The van der Waals surface area contributed by atoms with Crippen LogP contribution in [-0.4, -0.2) is 38.3 Å². The van der Waals surface area contributed by atoms with Crippen molar-refractivity contribution in [1.82, 2.24) is 15.6 Å². The third-order valence-corrected chi connectivity index (χ3v) is 5.63. The van der Waals surface area contributed by atoms with Crippen LogP contribution in [0.15, 0.2) is 47.6 Å². The van der Waals surface area contributed by atoms with E-state index in [9.17, 15) is 4.39 Å². The number of aromatic nitrogens is 1. The van der Waals surface area contributed by atoms with Gasteiger partial charge in [-0.05, 0) is 42.4 Å². The van der Waals surface area contributed by atoms with Crippen LogP contribution in [-0.2, 0) is 11.3 Å². The van der Waals surface area contributed by atoms with Crippen LogP contribution in [0.2, 0.25) is 0 Å². The zero-order valence-corrected chi connectivity index (χ0v) is 17.8. The summed E-state index contributed by atoms with van der Waals surface area (Å²) >= 11 is 0. The van der Waals surface area contributed by atoms with Gasteiger partial charge in [0.1, 0.15) is 11.6 Å². The molecule has 0 spiro atoms. The highest BCUT2D eigenvalue weighted by atomic mass is 19.1. The first-order chi connectivity index (χ1) is 14.6. The van der Waals surface area contributed by atoms with Crippen molar-refractivity contribution < 1.29 is 13.9 Å². The number of rotatable bonds is 9. The van der Waals surface area contributed by atoms with Gasteiger partial charge in [-0.2, -0.15) is 0 Å². The van der Waals surface area contributed by atoms with E-state index in [1.807, 2.05) is 6.07 Å². The highest BCUT2D eigenvalue weighted by molar-refractivity contribution is 5.79. The Kier molecular flexibility index (Phi) is 8.02. The van der Waals surface area contributed by atoms with Crippen LogP contribution in [0.1, 0.15) is 37.7 Å². The normalized spacial score (nSPS) is 15.8. The molecule has 0 aliphatic heterocycles. The third kappa shape index (κ3) is 6.42. The highest BCUT2D eigenvalue weighted by Crippen LogP contribution is 2.40. The van der Waals surface area contributed by atoms with Gasteiger partial charge in [-0.25, -0.2) is 9.37 Å². The lowest BCUT2D eigenvalue weighted by atomic mass is 9.83. The molecule has 1 aliphatic rings. The monoisotopic (exact) mass is 414 g/mol. The van der Waals surface area contributed by atoms with Gasteiger partial charge in [-0.15, -0.1) is 0 Å². The molecular formula is C23H31FN4O2. The van der Waals surface area contributed by atoms with Gasteiger partial charge in [-0.3, -0.25) is 4.99 Å². The van der Waals surface area contributed by atoms with E-state index >= 15 is 0 Å². The lowest BCUT2D eigenvalue weighted by Crippen LogP contribution is -2.43. The number of guanidine groups is 1. The molecule has 1 saturated carbocycles. The number of nitrogens with zero attached hydrogens (tertiary/aromatic N) is 2. The van der Waals surface area contributed by atoms with Crippen molar-refractivity contribution in [2.45, 2.75) is 38.6 Å². The molecule has 1 fully saturated rings. The van der Waals surface area contributed by atoms with Gasteiger partial charge in [0, 0.05) is 52.2 Å². The Bertz CT molecular complexity index is 820. The Morgan fingerprint density at radius 1 is 1.20 bits per heavy atom. The molecule has 0 atom stereocenters. The molecule has 0 radical (unpaired) electrons. The van der Waals surface area contributed by atoms with E-state index in [0.29, 0.717) is 23.6 Å². The lowest BCUT2D eigenvalue weighted by Gasteiger charge is -2.30. The maximum Gasteiger partial charge on any atom is 0.219 e. The summed E-state index contributed by atoms with van der Waals surface area (Å²) in [4.78, 5) is 8.64. The summed E-state index contributed by atoms with van der Waals surface area (Å²) in [5.74, 6) is 1.29. The van der Waals surface area contributed by atoms with E-state index in [4.69, 9.17) is 9.47 Å². The Morgan fingerprint density at radius 2 is 2.03 bits per heavy atom. The van der Waals surface area contributed by atoms with Gasteiger partial charge in [-0.1, -0.05) is 25.0 Å². The van der Waals surface area contributed by atoms with Crippen LogP contribution < -0.4 is 15.4 Å². The minimum atomic E-state index is -0.339. The number of nitrogens with one attached hydrogen (secondary N) is 2. The molecule has 1 aromatic heterocycles. The van der Waals surface area contributed by atoms with Crippen molar-refractivity contribution in [3.8, 4) is 11.6 Å². The fourth-order valence-electron chi connectivity index (χ4n) is 3.86. The fourth-order valence-corrected chi connectivity index (χ4v) is 3.86. The zero-order chi connectivity index (χ0) is 21.2. The van der Waals surface area contributed by atoms with E-state index in [2.05, 4.69) is 20.6 Å². The number of ether oxygens (including phenoxy) is 2. The van der Waals surface area contributed by atoms with Gasteiger partial charge in [0.2, 0.25) is 5.88 Å². The fraction of sp³-hybridized carbons (Fsp3) is 0.478. The lowest BCUT2D eigenvalue weighted by molar-refractivity contribution is 0.138. The number of pyridine rings is 1. The van der Waals surface area contributed by atoms with Crippen LogP contribution in [0.5, 0.6) is 11.6 Å². The SMILES string of the molecule is CN=C(NCc1ccc(Oc2cccc(F)c2)nc1)NCC1(CCOC)CCCC1. The highest BCUT2D eigenvalue weighted by Gasteiger charge is 2.33. The standard InChI is InChI=1S/C23H31FN4O2/c1-25-22(28-17-23(12-13-29-2)10-3-4-11-23)27-16-18-8-9-21(26-15-18)30-20-7-5-6-19(24)14-20/h5-9,14-15H,3-4,10-13,16-17H2,1-2H3,(H2,25,27,28). The number of methoxy groups -OCH3 is 1. The number of benzene rings is 1. The van der Waals surface area contributed by atoms with Crippen molar-refractivity contribution >= 4 is 5.96 Å². The summed E-state index contributed by atoms with van der Waals surface area (Å²) in [6.07, 6.45) is 7.85. The smallest absolute Gasteiger partial charge is 0.219 e. The van der Waals surface area contributed by atoms with Gasteiger partial charge in [0.05, 0.1) is 0 Å². The minimum absolute atomic E-state index is 0.297. The van der Waals surface area contributed by atoms with Crippen molar-refractivity contribution in [3.05, 3.63) is 54.0 Å². The van der Waals surface area contributed by atoms with E-state index in [1.165, 1.54) is 37.8 Å². The number of aliphatic imine (C=N–C) groups is 1. The van der Waals surface area contributed by atoms with Gasteiger partial charge in [0.25, 0.3) is 0 Å². The molecule has 30 heavy (non-hydrogen) atoms. The van der Waals surface area contributed by atoms with Crippen LogP contribution in [0.25, 0.3) is 0 Å². The van der Waals surface area contributed by atoms with Crippen molar-refractivity contribution in [2.24, 2.45) is 10.4 Å². The molecule has 162 valence electrons. The summed E-state index contributed by atoms with van der Waals surface area (Å²) in [7, 11) is 3.54. The average Bonchev–Trinajstić information content (AvgIpc) is 3.23. The van der Waals surface area contributed by atoms with E-state index in [1.54, 1.807) is 38.6 Å². The molecule has 1 heterocycles. The summed E-state index contributed by atoms with van der Waals surface area (Å²) in [5.41, 5.74) is 1.30. The predicted molar refractivity (Wildman–Crippen MR) is 116 cm³/mol. The average molecular weight is 415 g/mol. The first kappa shape index (κ1) is 22.0. The van der Waals surface area contributed by atoms with Crippen molar-refractivity contribution in [3.63, 3.8) is 0 Å². The molecule has 3 rings (SSSR count). The van der Waals surface area contributed by atoms with Crippen molar-refractivity contribution in [2.75, 3.05) is 27.3 Å². The molecule has 0 bridgehead atoms. The topological polar surface area (TPSA) is 67.8 Å². The Labute approximate surface area is 177 Å². The molecule has 0 saturated heterocycles. The molecule has 1 aliphatic carbocycles. The molecular weight excluding hydrogens is 383 g/mol. The Balaban J connectivity index is 1.48. The van der Waals surface area contributed by atoms with Gasteiger partial charge >= 0.3 is 0 Å². The number of halogens is 1. The molecule has 0 unspecified atom stereocenters. The van der Waals surface area contributed by atoms with Gasteiger partial charge < -0.3 is 20.1 Å².